The van der Waals surface area contributed by atoms with Gasteiger partial charge in [0.05, 0.1) is 5.75 Å². The van der Waals surface area contributed by atoms with Crippen molar-refractivity contribution in [1.29, 1.82) is 0 Å². The Morgan fingerprint density at radius 2 is 1.44 bits per heavy atom. The number of sulfonamides is 1. The predicted octanol–water partition coefficient (Wildman–Crippen LogP) is 2.95. The third-order valence-corrected chi connectivity index (χ3v) is 7.02. The first kappa shape index (κ1) is 20.0. The molecule has 2 aromatic carbocycles. The van der Waals surface area contributed by atoms with E-state index in [1.165, 1.54) is 17.7 Å². The SMILES string of the molecule is O=S(=O)(CCCc1ccccc1)N1CCN(CCc2ccc(F)cc2)CC1. The van der Waals surface area contributed by atoms with Crippen molar-refractivity contribution in [3.05, 3.63) is 71.5 Å². The Morgan fingerprint density at radius 3 is 2.11 bits per heavy atom. The fourth-order valence-corrected chi connectivity index (χ4v) is 4.89. The summed E-state index contributed by atoms with van der Waals surface area (Å²) >= 11 is 0. The zero-order chi connectivity index (χ0) is 19.1. The van der Waals surface area contributed by atoms with Crippen molar-refractivity contribution >= 4 is 10.0 Å². The summed E-state index contributed by atoms with van der Waals surface area (Å²) in [6.07, 6.45) is 2.29. The van der Waals surface area contributed by atoms with E-state index in [0.29, 0.717) is 19.5 Å². The highest BCUT2D eigenvalue weighted by atomic mass is 32.2. The summed E-state index contributed by atoms with van der Waals surface area (Å²) in [5.74, 6) is -0.0119. The molecule has 4 nitrogen and oxygen atoms in total. The van der Waals surface area contributed by atoms with Crippen LogP contribution in [0.15, 0.2) is 54.6 Å². The first-order valence-corrected chi connectivity index (χ1v) is 11.1. The quantitative estimate of drug-likeness (QED) is 0.696. The van der Waals surface area contributed by atoms with Crippen LogP contribution in [0.2, 0.25) is 0 Å². The largest absolute Gasteiger partial charge is 0.300 e. The molecule has 1 fully saturated rings. The molecule has 0 radical (unpaired) electrons. The molecule has 3 rings (SSSR count). The Hall–Kier alpha value is -1.76. The number of rotatable bonds is 8. The minimum Gasteiger partial charge on any atom is -0.300 e. The summed E-state index contributed by atoms with van der Waals surface area (Å²) in [5, 5.41) is 0. The number of nitrogens with zero attached hydrogens (tertiary/aromatic N) is 2. The maximum absolute atomic E-state index is 12.9. The maximum atomic E-state index is 12.9. The summed E-state index contributed by atoms with van der Waals surface area (Å²) in [7, 11) is -3.18. The molecule has 6 heteroatoms. The van der Waals surface area contributed by atoms with Crippen molar-refractivity contribution in [3.8, 4) is 0 Å². The van der Waals surface area contributed by atoms with E-state index in [-0.39, 0.29) is 11.6 Å². The van der Waals surface area contributed by atoms with Crippen molar-refractivity contribution in [1.82, 2.24) is 9.21 Å². The van der Waals surface area contributed by atoms with Gasteiger partial charge in [-0.15, -0.1) is 0 Å². The molecule has 0 spiro atoms. The molecule has 1 saturated heterocycles. The lowest BCUT2D eigenvalue weighted by molar-refractivity contribution is 0.190. The third-order valence-electron chi connectivity index (χ3n) is 5.07. The van der Waals surface area contributed by atoms with Gasteiger partial charge in [0.1, 0.15) is 5.82 Å². The van der Waals surface area contributed by atoms with E-state index in [4.69, 9.17) is 0 Å². The van der Waals surface area contributed by atoms with E-state index < -0.39 is 10.0 Å². The van der Waals surface area contributed by atoms with Gasteiger partial charge >= 0.3 is 0 Å². The smallest absolute Gasteiger partial charge is 0.214 e. The molecule has 0 amide bonds. The van der Waals surface area contributed by atoms with E-state index in [9.17, 15) is 12.8 Å². The minimum atomic E-state index is -3.18. The first-order chi connectivity index (χ1) is 13.0. The molecule has 0 bridgehead atoms. The van der Waals surface area contributed by atoms with Crippen LogP contribution in [0.1, 0.15) is 17.5 Å². The lowest BCUT2D eigenvalue weighted by atomic mass is 10.1. The van der Waals surface area contributed by atoms with Gasteiger partial charge in [0.25, 0.3) is 0 Å². The molecular weight excluding hydrogens is 363 g/mol. The molecule has 1 heterocycles. The standard InChI is InChI=1S/C21H27FN2O2S/c22-21-10-8-20(9-11-21)12-13-23-14-16-24(17-15-23)27(25,26)18-4-7-19-5-2-1-3-6-19/h1-3,5-6,8-11H,4,7,12-18H2. The average Bonchev–Trinajstić information content (AvgIpc) is 2.69. The van der Waals surface area contributed by atoms with E-state index in [1.54, 1.807) is 4.31 Å². The summed E-state index contributed by atoms with van der Waals surface area (Å²) in [6.45, 7) is 3.47. The van der Waals surface area contributed by atoms with Crippen molar-refractivity contribution in [2.45, 2.75) is 19.3 Å². The molecule has 146 valence electrons. The van der Waals surface area contributed by atoms with Crippen LogP contribution in [0.4, 0.5) is 4.39 Å². The van der Waals surface area contributed by atoms with Crippen LogP contribution in [0.25, 0.3) is 0 Å². The number of halogens is 1. The maximum Gasteiger partial charge on any atom is 0.214 e. The van der Waals surface area contributed by atoms with Crippen LogP contribution in [-0.4, -0.2) is 56.1 Å². The van der Waals surface area contributed by atoms with Crippen LogP contribution >= 0.6 is 0 Å². The Labute approximate surface area is 161 Å². The highest BCUT2D eigenvalue weighted by Gasteiger charge is 2.26. The third kappa shape index (κ3) is 6.13. The zero-order valence-electron chi connectivity index (χ0n) is 15.6. The molecule has 27 heavy (non-hydrogen) atoms. The van der Waals surface area contributed by atoms with Gasteiger partial charge in [0.15, 0.2) is 0 Å². The number of piperazine rings is 1. The molecular formula is C21H27FN2O2S. The highest BCUT2D eigenvalue weighted by Crippen LogP contribution is 2.12. The molecule has 1 aliphatic heterocycles. The second-order valence-corrected chi connectivity index (χ2v) is 9.11. The summed E-state index contributed by atoms with van der Waals surface area (Å²) in [4.78, 5) is 2.28. The molecule has 1 aliphatic rings. The molecule has 2 aromatic rings. The van der Waals surface area contributed by atoms with Crippen molar-refractivity contribution in [2.24, 2.45) is 0 Å². The van der Waals surface area contributed by atoms with Gasteiger partial charge in [-0.1, -0.05) is 42.5 Å². The Bertz CT molecular complexity index is 802. The van der Waals surface area contributed by atoms with Gasteiger partial charge in [-0.05, 0) is 42.5 Å². The van der Waals surface area contributed by atoms with Crippen LogP contribution in [0.3, 0.4) is 0 Å². The normalized spacial score (nSPS) is 16.5. The molecule has 0 aliphatic carbocycles. The molecule has 0 saturated carbocycles. The first-order valence-electron chi connectivity index (χ1n) is 9.51. The van der Waals surface area contributed by atoms with Gasteiger partial charge in [-0.3, -0.25) is 0 Å². The number of hydrogen-bond acceptors (Lipinski definition) is 3. The molecule has 0 N–H and O–H groups in total. The summed E-state index contributed by atoms with van der Waals surface area (Å²) in [6, 6.07) is 16.6. The Morgan fingerprint density at radius 1 is 0.815 bits per heavy atom. The Balaban J connectivity index is 1.40. The van der Waals surface area contributed by atoms with Gasteiger partial charge in [-0.2, -0.15) is 4.31 Å². The highest BCUT2D eigenvalue weighted by molar-refractivity contribution is 7.89. The van der Waals surface area contributed by atoms with Crippen LogP contribution in [0.5, 0.6) is 0 Å². The molecule has 0 atom stereocenters. The second kappa shape index (κ2) is 9.44. The molecule has 0 aromatic heterocycles. The summed E-state index contributed by atoms with van der Waals surface area (Å²) in [5.41, 5.74) is 2.28. The van der Waals surface area contributed by atoms with Gasteiger partial charge in [0, 0.05) is 32.7 Å². The zero-order valence-corrected chi connectivity index (χ0v) is 16.4. The van der Waals surface area contributed by atoms with Gasteiger partial charge in [-0.25, -0.2) is 12.8 Å². The number of benzene rings is 2. The topological polar surface area (TPSA) is 40.6 Å². The average molecular weight is 391 g/mol. The monoisotopic (exact) mass is 390 g/mol. The van der Waals surface area contributed by atoms with E-state index in [1.807, 2.05) is 42.5 Å². The van der Waals surface area contributed by atoms with Crippen molar-refractivity contribution < 1.29 is 12.8 Å². The van der Waals surface area contributed by atoms with Gasteiger partial charge < -0.3 is 4.90 Å². The minimum absolute atomic E-state index is 0.206. The fourth-order valence-electron chi connectivity index (χ4n) is 3.40. The number of aryl methyl sites for hydroxylation is 1. The van der Waals surface area contributed by atoms with E-state index in [0.717, 1.165) is 38.0 Å². The van der Waals surface area contributed by atoms with E-state index >= 15 is 0 Å². The second-order valence-electron chi connectivity index (χ2n) is 7.02. The van der Waals surface area contributed by atoms with E-state index in [2.05, 4.69) is 4.90 Å². The lowest BCUT2D eigenvalue weighted by Crippen LogP contribution is -2.49. The number of hydrogen-bond donors (Lipinski definition) is 0. The van der Waals surface area contributed by atoms with Crippen LogP contribution < -0.4 is 0 Å². The molecule has 0 unspecified atom stereocenters. The van der Waals surface area contributed by atoms with Crippen LogP contribution in [-0.2, 0) is 22.9 Å². The van der Waals surface area contributed by atoms with Crippen molar-refractivity contribution in [2.75, 3.05) is 38.5 Å². The fraction of sp³-hybridized carbons (Fsp3) is 0.429. The van der Waals surface area contributed by atoms with Crippen LogP contribution in [0, 0.1) is 5.82 Å². The predicted molar refractivity (Wildman–Crippen MR) is 107 cm³/mol. The summed E-state index contributed by atoms with van der Waals surface area (Å²) < 4.78 is 39.7. The van der Waals surface area contributed by atoms with Crippen molar-refractivity contribution in [3.63, 3.8) is 0 Å². The van der Waals surface area contributed by atoms with Gasteiger partial charge in [0.2, 0.25) is 10.0 Å². The lowest BCUT2D eigenvalue weighted by Gasteiger charge is -2.34. The Kier molecular flexibility index (Phi) is 6.99.